The Morgan fingerprint density at radius 3 is 1.29 bits per heavy atom. The van der Waals surface area contributed by atoms with Crippen molar-refractivity contribution in [1.82, 2.24) is 0 Å². The van der Waals surface area contributed by atoms with Crippen LogP contribution in [0.5, 0.6) is 11.5 Å². The van der Waals surface area contributed by atoms with Crippen LogP contribution in [0.4, 0.5) is 0 Å². The molecule has 2 aromatic carbocycles. The van der Waals surface area contributed by atoms with Crippen molar-refractivity contribution in [3.05, 3.63) is 58.7 Å². The first kappa shape index (κ1) is 16.9. The van der Waals surface area contributed by atoms with Crippen molar-refractivity contribution in [3.63, 3.8) is 0 Å². The molecule has 1 fully saturated rings. The van der Waals surface area contributed by atoms with Gasteiger partial charge in [-0.25, -0.2) is 0 Å². The fourth-order valence-corrected chi connectivity index (χ4v) is 3.51. The summed E-state index contributed by atoms with van der Waals surface area (Å²) < 4.78 is 12.3. The first-order valence-corrected chi connectivity index (χ1v) is 8.94. The predicted octanol–water partition coefficient (Wildman–Crippen LogP) is 5.40. The van der Waals surface area contributed by atoms with Gasteiger partial charge in [0.15, 0.2) is 0 Å². The minimum atomic E-state index is 0.605. The molecule has 0 N–H and O–H groups in total. The number of hydrogen-bond acceptors (Lipinski definition) is 2. The number of benzene rings is 2. The maximum Gasteiger partial charge on any atom is 0.125 e. The van der Waals surface area contributed by atoms with E-state index in [4.69, 9.17) is 9.47 Å². The van der Waals surface area contributed by atoms with E-state index >= 15 is 0 Å². The van der Waals surface area contributed by atoms with Gasteiger partial charge in [-0.05, 0) is 74.6 Å². The molecular weight excluding hydrogens is 296 g/mol. The Bertz CT molecular complexity index is 603. The number of rotatable bonds is 6. The Labute approximate surface area is 145 Å². The molecule has 0 spiro atoms. The summed E-state index contributed by atoms with van der Waals surface area (Å²) in [6.45, 7) is 10.1. The van der Waals surface area contributed by atoms with Crippen LogP contribution in [-0.4, -0.2) is 13.2 Å². The van der Waals surface area contributed by atoms with E-state index in [2.05, 4.69) is 64.1 Å². The van der Waals surface area contributed by atoms with Crippen molar-refractivity contribution >= 4 is 0 Å². The predicted molar refractivity (Wildman–Crippen MR) is 99.0 cm³/mol. The molecule has 0 saturated heterocycles. The van der Waals surface area contributed by atoms with Crippen LogP contribution in [-0.2, 0) is 0 Å². The molecule has 0 aromatic heterocycles. The molecule has 0 aliphatic heterocycles. The zero-order valence-corrected chi connectivity index (χ0v) is 15.3. The highest BCUT2D eigenvalue weighted by atomic mass is 16.5. The summed E-state index contributed by atoms with van der Waals surface area (Å²) in [5.74, 6) is 3.32. The van der Waals surface area contributed by atoms with E-state index in [1.54, 1.807) is 0 Å². The van der Waals surface area contributed by atoms with Gasteiger partial charge in [-0.3, -0.25) is 0 Å². The van der Waals surface area contributed by atoms with Gasteiger partial charge in [-0.2, -0.15) is 0 Å². The number of hydrogen-bond donors (Lipinski definition) is 0. The SMILES string of the molecule is Cc1cccc(C)c1OCC1CCC1COc1c(C)cccc1C. The lowest BCUT2D eigenvalue weighted by Crippen LogP contribution is -2.35. The summed E-state index contributed by atoms with van der Waals surface area (Å²) in [5.41, 5.74) is 4.88. The van der Waals surface area contributed by atoms with Crippen molar-refractivity contribution in [2.45, 2.75) is 40.5 Å². The average Bonchev–Trinajstić information content (AvgIpc) is 2.52. The fraction of sp³-hybridized carbons (Fsp3) is 0.455. The molecule has 24 heavy (non-hydrogen) atoms. The molecule has 0 amide bonds. The van der Waals surface area contributed by atoms with Crippen LogP contribution in [0.3, 0.4) is 0 Å². The quantitative estimate of drug-likeness (QED) is 0.708. The van der Waals surface area contributed by atoms with E-state index in [9.17, 15) is 0 Å². The second kappa shape index (κ2) is 7.29. The molecule has 2 atom stereocenters. The standard InChI is InChI=1S/C22H28O2/c1-15-7-5-8-16(2)21(15)23-13-19-11-12-20(19)14-24-22-17(3)9-6-10-18(22)4/h5-10,19-20H,11-14H2,1-4H3. The summed E-state index contributed by atoms with van der Waals surface area (Å²) in [6, 6.07) is 12.6. The second-order valence-electron chi connectivity index (χ2n) is 7.16. The zero-order valence-electron chi connectivity index (χ0n) is 15.3. The lowest BCUT2D eigenvalue weighted by molar-refractivity contribution is 0.0618. The largest absolute Gasteiger partial charge is 0.493 e. The summed E-state index contributed by atoms with van der Waals surface area (Å²) in [7, 11) is 0. The third-order valence-electron chi connectivity index (χ3n) is 5.28. The molecule has 0 radical (unpaired) electrons. The summed E-state index contributed by atoms with van der Waals surface area (Å²) >= 11 is 0. The molecule has 128 valence electrons. The summed E-state index contributed by atoms with van der Waals surface area (Å²) in [4.78, 5) is 0. The molecule has 1 saturated carbocycles. The zero-order chi connectivity index (χ0) is 17.1. The maximum absolute atomic E-state index is 6.15. The van der Waals surface area contributed by atoms with Crippen LogP contribution in [0.15, 0.2) is 36.4 Å². The normalized spacial score (nSPS) is 19.7. The van der Waals surface area contributed by atoms with E-state index in [-0.39, 0.29) is 0 Å². The van der Waals surface area contributed by atoms with E-state index < -0.39 is 0 Å². The van der Waals surface area contributed by atoms with Crippen LogP contribution in [0.25, 0.3) is 0 Å². The second-order valence-corrected chi connectivity index (χ2v) is 7.16. The van der Waals surface area contributed by atoms with Gasteiger partial charge in [0.2, 0.25) is 0 Å². The highest BCUT2D eigenvalue weighted by Gasteiger charge is 2.32. The van der Waals surface area contributed by atoms with E-state index in [1.807, 2.05) is 0 Å². The molecule has 1 aliphatic rings. The van der Waals surface area contributed by atoms with Crippen LogP contribution in [0, 0.1) is 39.5 Å². The molecule has 2 unspecified atom stereocenters. The Balaban J connectivity index is 1.54. The lowest BCUT2D eigenvalue weighted by Gasteiger charge is -2.36. The first-order valence-electron chi connectivity index (χ1n) is 8.94. The van der Waals surface area contributed by atoms with Gasteiger partial charge in [-0.15, -0.1) is 0 Å². The van der Waals surface area contributed by atoms with Crippen LogP contribution >= 0.6 is 0 Å². The molecule has 2 heteroatoms. The molecule has 2 aromatic rings. The van der Waals surface area contributed by atoms with Gasteiger partial charge in [0.1, 0.15) is 11.5 Å². The van der Waals surface area contributed by atoms with Crippen LogP contribution in [0.1, 0.15) is 35.1 Å². The van der Waals surface area contributed by atoms with E-state index in [0.29, 0.717) is 11.8 Å². The minimum absolute atomic E-state index is 0.605. The van der Waals surface area contributed by atoms with E-state index in [0.717, 1.165) is 24.7 Å². The molecule has 3 rings (SSSR count). The third-order valence-corrected chi connectivity index (χ3v) is 5.28. The molecule has 0 heterocycles. The fourth-order valence-electron chi connectivity index (χ4n) is 3.51. The summed E-state index contributed by atoms with van der Waals surface area (Å²) in [6.07, 6.45) is 2.48. The van der Waals surface area contributed by atoms with Crippen molar-refractivity contribution in [3.8, 4) is 11.5 Å². The Hall–Kier alpha value is -1.96. The van der Waals surface area contributed by atoms with E-state index in [1.165, 1.54) is 35.1 Å². The van der Waals surface area contributed by atoms with Gasteiger partial charge in [0, 0.05) is 0 Å². The van der Waals surface area contributed by atoms with Gasteiger partial charge in [0.25, 0.3) is 0 Å². The molecule has 2 nitrogen and oxygen atoms in total. The Morgan fingerprint density at radius 2 is 1.00 bits per heavy atom. The number of ether oxygens (including phenoxy) is 2. The average molecular weight is 324 g/mol. The number of para-hydroxylation sites is 2. The first-order chi connectivity index (χ1) is 11.6. The van der Waals surface area contributed by atoms with Crippen molar-refractivity contribution < 1.29 is 9.47 Å². The molecular formula is C22H28O2. The van der Waals surface area contributed by atoms with Crippen LogP contribution in [0.2, 0.25) is 0 Å². The van der Waals surface area contributed by atoms with Gasteiger partial charge in [0.05, 0.1) is 13.2 Å². The van der Waals surface area contributed by atoms with Crippen molar-refractivity contribution in [1.29, 1.82) is 0 Å². The monoisotopic (exact) mass is 324 g/mol. The van der Waals surface area contributed by atoms with Crippen molar-refractivity contribution in [2.24, 2.45) is 11.8 Å². The highest BCUT2D eigenvalue weighted by Crippen LogP contribution is 2.36. The Morgan fingerprint density at radius 1 is 0.667 bits per heavy atom. The minimum Gasteiger partial charge on any atom is -0.493 e. The van der Waals surface area contributed by atoms with Crippen molar-refractivity contribution in [2.75, 3.05) is 13.2 Å². The number of aryl methyl sites for hydroxylation is 4. The topological polar surface area (TPSA) is 18.5 Å². The van der Waals surface area contributed by atoms with Crippen LogP contribution < -0.4 is 9.47 Å². The molecule has 0 bridgehead atoms. The third kappa shape index (κ3) is 3.58. The van der Waals surface area contributed by atoms with Gasteiger partial charge in [-0.1, -0.05) is 36.4 Å². The maximum atomic E-state index is 6.15. The smallest absolute Gasteiger partial charge is 0.125 e. The van der Waals surface area contributed by atoms with Gasteiger partial charge >= 0.3 is 0 Å². The summed E-state index contributed by atoms with van der Waals surface area (Å²) in [5, 5.41) is 0. The lowest BCUT2D eigenvalue weighted by atomic mass is 9.74. The Kier molecular flexibility index (Phi) is 5.13. The van der Waals surface area contributed by atoms with Gasteiger partial charge < -0.3 is 9.47 Å². The highest BCUT2D eigenvalue weighted by molar-refractivity contribution is 5.40. The molecule has 1 aliphatic carbocycles.